The van der Waals surface area contributed by atoms with E-state index in [1.54, 1.807) is 42.6 Å². The molecule has 34 heavy (non-hydrogen) atoms. The van der Waals surface area contributed by atoms with Crippen LogP contribution in [0.4, 0.5) is 10.8 Å². The molecule has 0 atom stereocenters. The van der Waals surface area contributed by atoms with Crippen molar-refractivity contribution < 1.29 is 14.5 Å². The van der Waals surface area contributed by atoms with Gasteiger partial charge in [0.05, 0.1) is 28.2 Å². The van der Waals surface area contributed by atoms with Crippen molar-refractivity contribution in [3.05, 3.63) is 99.1 Å². The Kier molecular flexibility index (Phi) is 6.60. The molecule has 0 unspecified atom stereocenters. The molecule has 3 aromatic carbocycles. The van der Waals surface area contributed by atoms with Gasteiger partial charge in [0.15, 0.2) is 0 Å². The number of ether oxygens (including phenoxy) is 1. The van der Waals surface area contributed by atoms with E-state index in [4.69, 9.17) is 9.72 Å². The van der Waals surface area contributed by atoms with Crippen LogP contribution in [0.15, 0.2) is 71.7 Å². The smallest absolute Gasteiger partial charge is 0.337 e. The largest absolute Gasteiger partial charge is 0.465 e. The molecule has 0 spiro atoms. The van der Waals surface area contributed by atoms with Gasteiger partial charge in [-0.05, 0) is 54.8 Å². The molecular formula is C26H21N3O4S. The van der Waals surface area contributed by atoms with Gasteiger partial charge >= 0.3 is 5.97 Å². The number of methoxy groups -OCH3 is 1. The Morgan fingerprint density at radius 3 is 2.38 bits per heavy atom. The summed E-state index contributed by atoms with van der Waals surface area (Å²) < 4.78 is 4.72. The van der Waals surface area contributed by atoms with E-state index in [2.05, 4.69) is 11.1 Å². The molecular weight excluding hydrogens is 450 g/mol. The Morgan fingerprint density at radius 1 is 1.06 bits per heavy atom. The molecule has 0 aliphatic rings. The van der Waals surface area contributed by atoms with Crippen LogP contribution >= 0.6 is 11.3 Å². The van der Waals surface area contributed by atoms with Crippen LogP contribution in [-0.2, 0) is 4.74 Å². The number of aromatic nitrogens is 1. The van der Waals surface area contributed by atoms with Gasteiger partial charge in [0.1, 0.15) is 0 Å². The van der Waals surface area contributed by atoms with Gasteiger partial charge in [0.2, 0.25) is 5.13 Å². The second-order valence-corrected chi connectivity index (χ2v) is 8.65. The molecule has 0 aliphatic carbocycles. The minimum atomic E-state index is -0.414. The first-order valence-electron chi connectivity index (χ1n) is 10.4. The number of esters is 1. The molecule has 0 bridgehead atoms. The summed E-state index contributed by atoms with van der Waals surface area (Å²) >= 11 is 1.41. The molecule has 7 nitrogen and oxygen atoms in total. The summed E-state index contributed by atoms with van der Waals surface area (Å²) in [5.74, 6) is -0.394. The lowest BCUT2D eigenvalue weighted by atomic mass is 10.0. The molecule has 1 aromatic heterocycles. The van der Waals surface area contributed by atoms with E-state index in [1.165, 1.54) is 30.6 Å². The monoisotopic (exact) mass is 471 g/mol. The molecule has 1 heterocycles. The van der Waals surface area contributed by atoms with Crippen molar-refractivity contribution in [3.63, 3.8) is 0 Å². The quantitative estimate of drug-likeness (QED) is 0.138. The molecule has 0 amide bonds. The first kappa shape index (κ1) is 23.0. The lowest BCUT2D eigenvalue weighted by Crippen LogP contribution is -2.00. The third-order valence-corrected chi connectivity index (χ3v) is 6.26. The number of hydrogen-bond donors (Lipinski definition) is 0. The fourth-order valence-corrected chi connectivity index (χ4v) is 4.44. The highest BCUT2D eigenvalue weighted by molar-refractivity contribution is 7.19. The third kappa shape index (κ3) is 4.92. The van der Waals surface area contributed by atoms with E-state index < -0.39 is 10.9 Å². The average molecular weight is 472 g/mol. The van der Waals surface area contributed by atoms with Gasteiger partial charge < -0.3 is 4.74 Å². The van der Waals surface area contributed by atoms with Gasteiger partial charge in [0.25, 0.3) is 5.69 Å². The predicted molar refractivity (Wildman–Crippen MR) is 134 cm³/mol. The van der Waals surface area contributed by atoms with Crippen molar-refractivity contribution in [1.82, 2.24) is 4.98 Å². The van der Waals surface area contributed by atoms with Gasteiger partial charge in [-0.1, -0.05) is 47.2 Å². The van der Waals surface area contributed by atoms with Gasteiger partial charge in [-0.3, -0.25) is 10.1 Å². The van der Waals surface area contributed by atoms with Crippen LogP contribution in [-0.4, -0.2) is 29.2 Å². The lowest BCUT2D eigenvalue weighted by molar-refractivity contribution is -0.384. The van der Waals surface area contributed by atoms with Crippen molar-refractivity contribution in [2.45, 2.75) is 13.8 Å². The van der Waals surface area contributed by atoms with E-state index >= 15 is 0 Å². The fourth-order valence-electron chi connectivity index (χ4n) is 3.51. The van der Waals surface area contributed by atoms with Crippen molar-refractivity contribution >= 4 is 34.3 Å². The van der Waals surface area contributed by atoms with E-state index in [9.17, 15) is 14.9 Å². The molecule has 0 aliphatic heterocycles. The normalized spacial score (nSPS) is 11.0. The van der Waals surface area contributed by atoms with Gasteiger partial charge in [-0.25, -0.2) is 14.8 Å². The Bertz CT molecular complexity index is 1390. The molecule has 0 N–H and O–H groups in total. The summed E-state index contributed by atoms with van der Waals surface area (Å²) in [6.07, 6.45) is 1.69. The molecule has 8 heteroatoms. The zero-order valence-electron chi connectivity index (χ0n) is 18.8. The van der Waals surface area contributed by atoms with Crippen molar-refractivity contribution in [2.75, 3.05) is 7.11 Å². The number of nitro benzene ring substituents is 1. The fraction of sp³-hybridized carbons (Fsp3) is 0.115. The highest BCUT2D eigenvalue weighted by Crippen LogP contribution is 2.41. The second-order valence-electron chi connectivity index (χ2n) is 7.67. The number of nitro groups is 1. The van der Waals surface area contributed by atoms with Crippen molar-refractivity contribution in [2.24, 2.45) is 4.99 Å². The molecule has 0 radical (unpaired) electrons. The summed E-state index contributed by atoms with van der Waals surface area (Å²) in [6.45, 7) is 4.07. The molecule has 4 rings (SSSR count). The standard InChI is InChI=1S/C26H21N3O4S/c1-16-4-13-22(17(2)14-16)23-24(19-9-11-21(12-10-19)29(31)32)34-26(28-23)27-15-18-5-7-20(8-6-18)25(30)33-3/h4-15H,1-3H3. The van der Waals surface area contributed by atoms with Gasteiger partial charge in [0, 0.05) is 23.9 Å². The summed E-state index contributed by atoms with van der Waals surface area (Å²) in [5, 5.41) is 11.6. The third-order valence-electron chi connectivity index (χ3n) is 5.25. The summed E-state index contributed by atoms with van der Waals surface area (Å²) in [5.41, 5.74) is 6.16. The van der Waals surface area contributed by atoms with Crippen LogP contribution in [0.1, 0.15) is 27.0 Å². The topological polar surface area (TPSA) is 94.7 Å². The van der Waals surface area contributed by atoms with Crippen LogP contribution in [0, 0.1) is 24.0 Å². The van der Waals surface area contributed by atoms with E-state index in [0.717, 1.165) is 38.4 Å². The van der Waals surface area contributed by atoms with Crippen LogP contribution in [0.25, 0.3) is 21.7 Å². The zero-order chi connectivity index (χ0) is 24.2. The Labute approximate surface area is 200 Å². The first-order chi connectivity index (χ1) is 16.4. The zero-order valence-corrected chi connectivity index (χ0v) is 19.6. The minimum absolute atomic E-state index is 0.0370. The Balaban J connectivity index is 1.73. The molecule has 0 saturated carbocycles. The number of hydrogen-bond acceptors (Lipinski definition) is 7. The molecule has 0 fully saturated rings. The molecule has 170 valence electrons. The van der Waals surface area contributed by atoms with Gasteiger partial charge in [-0.15, -0.1) is 0 Å². The van der Waals surface area contributed by atoms with Gasteiger partial charge in [-0.2, -0.15) is 0 Å². The summed E-state index contributed by atoms with van der Waals surface area (Å²) in [7, 11) is 1.34. The maximum atomic E-state index is 11.6. The number of thiazole rings is 1. The summed E-state index contributed by atoms with van der Waals surface area (Å²) in [4.78, 5) is 32.5. The van der Waals surface area contributed by atoms with E-state index in [1.807, 2.05) is 26.0 Å². The number of rotatable bonds is 6. The minimum Gasteiger partial charge on any atom is -0.465 e. The van der Waals surface area contributed by atoms with Crippen LogP contribution in [0.5, 0.6) is 0 Å². The number of benzene rings is 3. The van der Waals surface area contributed by atoms with E-state index in [-0.39, 0.29) is 5.69 Å². The summed E-state index contributed by atoms with van der Waals surface area (Å²) in [6, 6.07) is 19.5. The van der Waals surface area contributed by atoms with E-state index in [0.29, 0.717) is 10.7 Å². The van der Waals surface area contributed by atoms with Crippen LogP contribution < -0.4 is 0 Å². The molecule has 0 saturated heterocycles. The lowest BCUT2D eigenvalue weighted by Gasteiger charge is -2.07. The number of carbonyl (C=O) groups is 1. The number of aliphatic imine (C=N–C) groups is 1. The number of aryl methyl sites for hydroxylation is 2. The maximum Gasteiger partial charge on any atom is 0.337 e. The Hall–Kier alpha value is -4.17. The predicted octanol–water partition coefficient (Wildman–Crippen LogP) is 6.54. The van der Waals surface area contributed by atoms with Crippen molar-refractivity contribution in [3.8, 4) is 21.7 Å². The second kappa shape index (κ2) is 9.76. The molecule has 4 aromatic rings. The number of nitrogens with zero attached hydrogens (tertiary/aromatic N) is 3. The average Bonchev–Trinajstić information content (AvgIpc) is 3.26. The maximum absolute atomic E-state index is 11.6. The Morgan fingerprint density at radius 2 is 1.76 bits per heavy atom. The number of carbonyl (C=O) groups excluding carboxylic acids is 1. The SMILES string of the molecule is COC(=O)c1ccc(C=Nc2nc(-c3ccc(C)cc3C)c(-c3ccc([N+](=O)[O-])cc3)s2)cc1. The van der Waals surface area contributed by atoms with Crippen molar-refractivity contribution in [1.29, 1.82) is 0 Å². The highest BCUT2D eigenvalue weighted by atomic mass is 32.1. The first-order valence-corrected chi connectivity index (χ1v) is 11.2. The van der Waals surface area contributed by atoms with Crippen LogP contribution in [0.2, 0.25) is 0 Å². The number of non-ortho nitro benzene ring substituents is 1. The highest BCUT2D eigenvalue weighted by Gasteiger charge is 2.17. The van der Waals surface area contributed by atoms with Crippen LogP contribution in [0.3, 0.4) is 0 Å².